The van der Waals surface area contributed by atoms with Gasteiger partial charge in [-0.2, -0.15) is 0 Å². The maximum Gasteiger partial charge on any atom is 0.123 e. The van der Waals surface area contributed by atoms with Crippen LogP contribution in [0.1, 0.15) is 17.5 Å². The van der Waals surface area contributed by atoms with E-state index in [2.05, 4.69) is 17.2 Å². The number of halogens is 1. The Morgan fingerprint density at radius 3 is 2.86 bits per heavy atom. The molecule has 2 heteroatoms. The molecule has 1 N–H and O–H groups in total. The van der Waals surface area contributed by atoms with Gasteiger partial charge in [-0.3, -0.25) is 0 Å². The van der Waals surface area contributed by atoms with Gasteiger partial charge >= 0.3 is 0 Å². The van der Waals surface area contributed by atoms with Crippen LogP contribution in [-0.4, -0.2) is 13.6 Å². The van der Waals surface area contributed by atoms with Crippen molar-refractivity contribution >= 4 is 0 Å². The molecule has 1 aromatic carbocycles. The second-order valence-corrected chi connectivity index (χ2v) is 3.11. The highest BCUT2D eigenvalue weighted by Crippen LogP contribution is 2.08. The number of rotatable bonds is 2. The van der Waals surface area contributed by atoms with Gasteiger partial charge in [-0.1, -0.05) is 11.8 Å². The van der Waals surface area contributed by atoms with Crippen LogP contribution in [0.15, 0.2) is 18.2 Å². The topological polar surface area (TPSA) is 12.0 Å². The maximum atomic E-state index is 12.7. The van der Waals surface area contributed by atoms with E-state index in [4.69, 9.17) is 0 Å². The van der Waals surface area contributed by atoms with E-state index < -0.39 is 0 Å². The summed E-state index contributed by atoms with van der Waals surface area (Å²) < 4.78 is 12.7. The van der Waals surface area contributed by atoms with Crippen LogP contribution in [0.3, 0.4) is 0 Å². The van der Waals surface area contributed by atoms with Crippen molar-refractivity contribution in [3.8, 4) is 11.8 Å². The number of hydrogen-bond donors (Lipinski definition) is 1. The third kappa shape index (κ3) is 3.20. The van der Waals surface area contributed by atoms with Gasteiger partial charge in [0.1, 0.15) is 5.82 Å². The number of hydrogen-bond acceptors (Lipinski definition) is 1. The van der Waals surface area contributed by atoms with E-state index in [1.54, 1.807) is 6.07 Å². The van der Waals surface area contributed by atoms with Gasteiger partial charge in [0.05, 0.1) is 0 Å². The highest BCUT2D eigenvalue weighted by atomic mass is 19.1. The zero-order chi connectivity index (χ0) is 10.4. The molecule has 0 atom stereocenters. The fraction of sp³-hybridized carbons (Fsp3) is 0.333. The SMILES string of the molecule is CNCCC#Cc1ccc(F)cc1C. The summed E-state index contributed by atoms with van der Waals surface area (Å²) in [7, 11) is 1.89. The molecule has 74 valence electrons. The highest BCUT2D eigenvalue weighted by molar-refractivity contribution is 5.40. The van der Waals surface area contributed by atoms with Gasteiger partial charge in [-0.05, 0) is 37.7 Å². The quantitative estimate of drug-likeness (QED) is 0.557. The Hall–Kier alpha value is -1.33. The Bertz CT molecular complexity index is 360. The lowest BCUT2D eigenvalue weighted by Gasteiger charge is -1.96. The highest BCUT2D eigenvalue weighted by Gasteiger charge is 1.95. The zero-order valence-corrected chi connectivity index (χ0v) is 8.52. The summed E-state index contributed by atoms with van der Waals surface area (Å²) >= 11 is 0. The summed E-state index contributed by atoms with van der Waals surface area (Å²) in [5, 5.41) is 3.02. The Morgan fingerprint density at radius 2 is 2.21 bits per heavy atom. The van der Waals surface area contributed by atoms with E-state index in [0.29, 0.717) is 0 Å². The largest absolute Gasteiger partial charge is 0.319 e. The molecular weight excluding hydrogens is 177 g/mol. The van der Waals surface area contributed by atoms with Crippen molar-refractivity contribution in [3.63, 3.8) is 0 Å². The van der Waals surface area contributed by atoms with Gasteiger partial charge < -0.3 is 5.32 Å². The Labute approximate surface area is 84.3 Å². The van der Waals surface area contributed by atoms with Gasteiger partial charge in [0.25, 0.3) is 0 Å². The minimum absolute atomic E-state index is 0.205. The van der Waals surface area contributed by atoms with Gasteiger partial charge in [0.15, 0.2) is 0 Å². The molecule has 0 aliphatic heterocycles. The molecule has 0 heterocycles. The average Bonchev–Trinajstić information content (AvgIpc) is 2.15. The molecule has 0 aliphatic rings. The minimum Gasteiger partial charge on any atom is -0.319 e. The molecule has 0 radical (unpaired) electrons. The minimum atomic E-state index is -0.205. The Morgan fingerprint density at radius 1 is 1.43 bits per heavy atom. The van der Waals surface area contributed by atoms with E-state index in [-0.39, 0.29) is 5.82 Å². The van der Waals surface area contributed by atoms with Crippen molar-refractivity contribution < 1.29 is 4.39 Å². The van der Waals surface area contributed by atoms with E-state index in [1.807, 2.05) is 14.0 Å². The second kappa shape index (κ2) is 5.41. The maximum absolute atomic E-state index is 12.7. The summed E-state index contributed by atoms with van der Waals surface area (Å²) in [4.78, 5) is 0. The standard InChI is InChI=1S/C12H14FN/c1-10-9-12(13)7-6-11(10)5-3-4-8-14-2/h6-7,9,14H,4,8H2,1-2H3. The summed E-state index contributed by atoms with van der Waals surface area (Å²) in [5.41, 5.74) is 1.80. The molecule has 0 unspecified atom stereocenters. The van der Waals surface area contributed by atoms with E-state index in [0.717, 1.165) is 24.1 Å². The molecule has 0 spiro atoms. The normalized spacial score (nSPS) is 9.36. The van der Waals surface area contributed by atoms with Crippen molar-refractivity contribution in [1.29, 1.82) is 0 Å². The monoisotopic (exact) mass is 191 g/mol. The lowest BCUT2D eigenvalue weighted by molar-refractivity contribution is 0.626. The first-order valence-corrected chi connectivity index (χ1v) is 4.63. The third-order valence-corrected chi connectivity index (χ3v) is 1.91. The van der Waals surface area contributed by atoms with Crippen molar-refractivity contribution in [2.45, 2.75) is 13.3 Å². The number of aryl methyl sites for hydroxylation is 1. The van der Waals surface area contributed by atoms with Crippen LogP contribution in [-0.2, 0) is 0 Å². The fourth-order valence-electron chi connectivity index (χ4n) is 1.11. The summed E-state index contributed by atoms with van der Waals surface area (Å²) in [6.07, 6.45) is 0.813. The van der Waals surface area contributed by atoms with Crippen LogP contribution in [0.25, 0.3) is 0 Å². The van der Waals surface area contributed by atoms with Gasteiger partial charge in [0, 0.05) is 18.5 Å². The Balaban J connectivity index is 2.70. The molecule has 1 rings (SSSR count). The number of benzene rings is 1. The van der Waals surface area contributed by atoms with E-state index in [9.17, 15) is 4.39 Å². The molecule has 14 heavy (non-hydrogen) atoms. The first-order valence-electron chi connectivity index (χ1n) is 4.63. The third-order valence-electron chi connectivity index (χ3n) is 1.91. The predicted molar refractivity (Wildman–Crippen MR) is 56.6 cm³/mol. The average molecular weight is 191 g/mol. The molecule has 0 amide bonds. The van der Waals surface area contributed by atoms with Crippen LogP contribution in [0.4, 0.5) is 4.39 Å². The molecule has 0 fully saturated rings. The first kappa shape index (κ1) is 10.7. The molecule has 0 aromatic heterocycles. The second-order valence-electron chi connectivity index (χ2n) is 3.11. The van der Waals surface area contributed by atoms with E-state index in [1.165, 1.54) is 12.1 Å². The van der Waals surface area contributed by atoms with Crippen LogP contribution in [0.2, 0.25) is 0 Å². The van der Waals surface area contributed by atoms with Crippen molar-refractivity contribution in [3.05, 3.63) is 35.1 Å². The molecule has 0 saturated heterocycles. The summed E-state index contributed by atoms with van der Waals surface area (Å²) in [5.74, 6) is 5.84. The molecule has 0 bridgehead atoms. The van der Waals surface area contributed by atoms with Crippen molar-refractivity contribution in [2.24, 2.45) is 0 Å². The van der Waals surface area contributed by atoms with Crippen LogP contribution >= 0.6 is 0 Å². The van der Waals surface area contributed by atoms with Crippen LogP contribution < -0.4 is 5.32 Å². The van der Waals surface area contributed by atoms with Crippen LogP contribution in [0, 0.1) is 24.6 Å². The van der Waals surface area contributed by atoms with Crippen molar-refractivity contribution in [1.82, 2.24) is 5.32 Å². The number of nitrogens with one attached hydrogen (secondary N) is 1. The first-order chi connectivity index (χ1) is 6.74. The lowest BCUT2D eigenvalue weighted by atomic mass is 10.1. The van der Waals surface area contributed by atoms with Gasteiger partial charge in [-0.15, -0.1) is 0 Å². The van der Waals surface area contributed by atoms with Crippen molar-refractivity contribution in [2.75, 3.05) is 13.6 Å². The van der Waals surface area contributed by atoms with Crippen LogP contribution in [0.5, 0.6) is 0 Å². The zero-order valence-electron chi connectivity index (χ0n) is 8.52. The lowest BCUT2D eigenvalue weighted by Crippen LogP contribution is -2.05. The fourth-order valence-corrected chi connectivity index (χ4v) is 1.11. The molecule has 0 aliphatic carbocycles. The van der Waals surface area contributed by atoms with Gasteiger partial charge in [0.2, 0.25) is 0 Å². The van der Waals surface area contributed by atoms with E-state index >= 15 is 0 Å². The smallest absolute Gasteiger partial charge is 0.123 e. The predicted octanol–water partition coefficient (Wildman–Crippen LogP) is 2.10. The molecule has 1 nitrogen and oxygen atoms in total. The summed E-state index contributed by atoms with van der Waals surface area (Å²) in [6.45, 7) is 2.75. The Kier molecular flexibility index (Phi) is 4.15. The molecule has 0 saturated carbocycles. The molecule has 1 aromatic rings. The molecular formula is C12H14FN. The summed E-state index contributed by atoms with van der Waals surface area (Å²) in [6, 6.07) is 4.66. The van der Waals surface area contributed by atoms with Gasteiger partial charge in [-0.25, -0.2) is 4.39 Å².